The fraction of sp³-hybridized carbons (Fsp3) is 0.889. The summed E-state index contributed by atoms with van der Waals surface area (Å²) in [6.07, 6.45) is 6.91. The Balaban J connectivity index is 1.31. The normalized spacial score (nSPS) is 30.2. The predicted molar refractivity (Wildman–Crippen MR) is 94.9 cm³/mol. The molecule has 3 fully saturated rings. The molecule has 148 valence electrons. The molecule has 1 saturated heterocycles. The number of ether oxygens (including phenoxy) is 2. The summed E-state index contributed by atoms with van der Waals surface area (Å²) in [4.78, 5) is 24.9. The number of carboxylic acids is 1. The van der Waals surface area contributed by atoms with Crippen LogP contribution in [0.5, 0.6) is 0 Å². The number of amides is 2. The molecule has 26 heavy (non-hydrogen) atoms. The molecule has 2 saturated carbocycles. The summed E-state index contributed by atoms with van der Waals surface area (Å²) in [5.41, 5.74) is 0. The summed E-state index contributed by atoms with van der Waals surface area (Å²) in [7, 11) is 0. The van der Waals surface area contributed by atoms with Gasteiger partial charge in [0.05, 0.1) is 13.2 Å². The van der Waals surface area contributed by atoms with E-state index in [9.17, 15) is 9.59 Å². The highest BCUT2D eigenvalue weighted by molar-refractivity contribution is 5.74. The van der Waals surface area contributed by atoms with E-state index in [0.717, 1.165) is 38.5 Å². The van der Waals surface area contributed by atoms with Crippen LogP contribution in [0.1, 0.15) is 51.9 Å². The maximum Gasteiger partial charge on any atom is 0.317 e. The van der Waals surface area contributed by atoms with Crippen molar-refractivity contribution in [1.29, 1.82) is 0 Å². The molecule has 0 bridgehead atoms. The smallest absolute Gasteiger partial charge is 0.317 e. The molecular weight excluding hydrogens is 338 g/mol. The minimum absolute atomic E-state index is 0.0564. The molecule has 8 nitrogen and oxygen atoms in total. The quantitative estimate of drug-likeness (QED) is 0.625. The number of nitrogens with zero attached hydrogens (tertiary/aromatic N) is 1. The Morgan fingerprint density at radius 3 is 2.62 bits per heavy atom. The molecule has 0 aromatic carbocycles. The van der Waals surface area contributed by atoms with E-state index < -0.39 is 11.8 Å². The number of urea groups is 1. The molecule has 3 rings (SSSR count). The van der Waals surface area contributed by atoms with Gasteiger partial charge in [-0.05, 0) is 32.2 Å². The van der Waals surface area contributed by atoms with Crippen molar-refractivity contribution in [2.45, 2.75) is 75.8 Å². The van der Waals surface area contributed by atoms with Crippen molar-refractivity contribution < 1.29 is 24.2 Å². The second kappa shape index (κ2) is 8.54. The van der Waals surface area contributed by atoms with Gasteiger partial charge in [-0.2, -0.15) is 0 Å². The lowest BCUT2D eigenvalue weighted by Crippen LogP contribution is -2.56. The van der Waals surface area contributed by atoms with Gasteiger partial charge in [0.25, 0.3) is 0 Å². The molecule has 3 aliphatic rings. The highest BCUT2D eigenvalue weighted by Crippen LogP contribution is 2.37. The standard InChI is InChI=1S/C18H31N3O5/c1-2-21(11-16(22)23)14-8-13(9-14)20-17(24)19-10-15-12-25-18(26-15)6-4-3-5-7-18/h13-15H,2-12H2,1H3,(H,22,23)(H2,19,20,24). The highest BCUT2D eigenvalue weighted by Gasteiger charge is 2.42. The maximum absolute atomic E-state index is 12.1. The fourth-order valence-corrected chi connectivity index (χ4v) is 4.19. The third-order valence-corrected chi connectivity index (χ3v) is 5.73. The third-order valence-electron chi connectivity index (χ3n) is 5.73. The van der Waals surface area contributed by atoms with Crippen LogP contribution in [0, 0.1) is 0 Å². The first kappa shape index (κ1) is 19.4. The zero-order valence-electron chi connectivity index (χ0n) is 15.5. The Labute approximate surface area is 154 Å². The molecule has 0 aromatic heterocycles. The third kappa shape index (κ3) is 4.86. The van der Waals surface area contributed by atoms with Crippen LogP contribution in [-0.2, 0) is 14.3 Å². The average molecular weight is 369 g/mol. The summed E-state index contributed by atoms with van der Waals surface area (Å²) in [5.74, 6) is -1.22. The van der Waals surface area contributed by atoms with E-state index in [-0.39, 0.29) is 30.8 Å². The number of hydrogen-bond acceptors (Lipinski definition) is 5. The van der Waals surface area contributed by atoms with Crippen molar-refractivity contribution in [1.82, 2.24) is 15.5 Å². The van der Waals surface area contributed by atoms with Crippen molar-refractivity contribution in [2.24, 2.45) is 0 Å². The lowest BCUT2D eigenvalue weighted by molar-refractivity contribution is -0.186. The maximum atomic E-state index is 12.1. The summed E-state index contributed by atoms with van der Waals surface area (Å²) >= 11 is 0. The van der Waals surface area contributed by atoms with Crippen molar-refractivity contribution >= 4 is 12.0 Å². The molecule has 1 heterocycles. The number of nitrogens with one attached hydrogen (secondary N) is 2. The van der Waals surface area contributed by atoms with Gasteiger partial charge >= 0.3 is 12.0 Å². The molecule has 1 spiro atoms. The first-order chi connectivity index (χ1) is 12.5. The molecule has 0 aromatic rings. The Morgan fingerprint density at radius 1 is 1.23 bits per heavy atom. The van der Waals surface area contributed by atoms with Crippen LogP contribution in [0.3, 0.4) is 0 Å². The van der Waals surface area contributed by atoms with Crippen LogP contribution in [-0.4, -0.2) is 72.2 Å². The predicted octanol–water partition coefficient (Wildman–Crippen LogP) is 1.30. The minimum atomic E-state index is -0.810. The second-order valence-corrected chi connectivity index (χ2v) is 7.66. The van der Waals surface area contributed by atoms with Gasteiger partial charge in [-0.25, -0.2) is 4.79 Å². The van der Waals surface area contributed by atoms with Crippen LogP contribution in [0.2, 0.25) is 0 Å². The minimum Gasteiger partial charge on any atom is -0.480 e. The fourth-order valence-electron chi connectivity index (χ4n) is 4.19. The molecule has 8 heteroatoms. The number of carboxylic acid groups (broad SMARTS) is 1. The van der Waals surface area contributed by atoms with Crippen molar-refractivity contribution in [3.63, 3.8) is 0 Å². The molecule has 1 unspecified atom stereocenters. The van der Waals surface area contributed by atoms with E-state index in [0.29, 0.717) is 19.7 Å². The SMILES string of the molecule is CCN(CC(=O)O)C1CC(NC(=O)NCC2COC3(CCCCC3)O2)C1. The van der Waals surface area contributed by atoms with Crippen molar-refractivity contribution in [3.05, 3.63) is 0 Å². The van der Waals surface area contributed by atoms with Gasteiger partial charge in [0, 0.05) is 31.5 Å². The van der Waals surface area contributed by atoms with Crippen LogP contribution in [0.15, 0.2) is 0 Å². The van der Waals surface area contributed by atoms with E-state index in [1.807, 2.05) is 11.8 Å². The van der Waals surface area contributed by atoms with E-state index >= 15 is 0 Å². The van der Waals surface area contributed by atoms with Gasteiger partial charge in [-0.1, -0.05) is 13.3 Å². The van der Waals surface area contributed by atoms with Gasteiger partial charge < -0.3 is 25.2 Å². The lowest BCUT2D eigenvalue weighted by Gasteiger charge is -2.42. The largest absolute Gasteiger partial charge is 0.480 e. The number of hydrogen-bond donors (Lipinski definition) is 3. The summed E-state index contributed by atoms with van der Waals surface area (Å²) < 4.78 is 11.9. The van der Waals surface area contributed by atoms with Gasteiger partial charge in [0.2, 0.25) is 0 Å². The molecule has 2 amide bonds. The first-order valence-corrected chi connectivity index (χ1v) is 9.81. The second-order valence-electron chi connectivity index (χ2n) is 7.66. The van der Waals surface area contributed by atoms with Gasteiger partial charge in [-0.3, -0.25) is 9.69 Å². The molecule has 0 radical (unpaired) electrons. The lowest BCUT2D eigenvalue weighted by atomic mass is 9.85. The molecular formula is C18H31N3O5. The van der Waals surface area contributed by atoms with E-state index in [2.05, 4.69) is 10.6 Å². The molecule has 3 N–H and O–H groups in total. The van der Waals surface area contributed by atoms with Crippen molar-refractivity contribution in [3.8, 4) is 0 Å². The average Bonchev–Trinajstić information content (AvgIpc) is 2.97. The van der Waals surface area contributed by atoms with E-state index in [1.54, 1.807) is 0 Å². The molecule has 2 aliphatic carbocycles. The highest BCUT2D eigenvalue weighted by atomic mass is 16.7. The number of carbonyl (C=O) groups is 2. The van der Waals surface area contributed by atoms with Crippen LogP contribution in [0.4, 0.5) is 4.79 Å². The van der Waals surface area contributed by atoms with E-state index in [4.69, 9.17) is 14.6 Å². The summed E-state index contributed by atoms with van der Waals surface area (Å²) in [5, 5.41) is 14.7. The van der Waals surface area contributed by atoms with Crippen LogP contribution < -0.4 is 10.6 Å². The Hall–Kier alpha value is -1.38. The number of aliphatic carboxylic acids is 1. The Morgan fingerprint density at radius 2 is 1.96 bits per heavy atom. The number of likely N-dealkylation sites (N-methyl/N-ethyl adjacent to an activating group) is 1. The van der Waals surface area contributed by atoms with E-state index in [1.165, 1.54) is 6.42 Å². The number of carbonyl (C=O) groups excluding carboxylic acids is 1. The van der Waals surface area contributed by atoms with Gasteiger partial charge in [0.1, 0.15) is 6.10 Å². The van der Waals surface area contributed by atoms with Crippen LogP contribution in [0.25, 0.3) is 0 Å². The molecule has 1 aliphatic heterocycles. The van der Waals surface area contributed by atoms with Gasteiger partial charge in [-0.15, -0.1) is 0 Å². The topological polar surface area (TPSA) is 100 Å². The first-order valence-electron chi connectivity index (χ1n) is 9.81. The Bertz CT molecular complexity index is 503. The zero-order chi connectivity index (χ0) is 18.6. The van der Waals surface area contributed by atoms with Crippen molar-refractivity contribution in [2.75, 3.05) is 26.2 Å². The molecule has 1 atom stereocenters. The van der Waals surface area contributed by atoms with Crippen LogP contribution >= 0.6 is 0 Å². The monoisotopic (exact) mass is 369 g/mol. The zero-order valence-corrected chi connectivity index (χ0v) is 15.5. The Kier molecular flexibility index (Phi) is 6.37. The number of rotatable bonds is 7. The summed E-state index contributed by atoms with van der Waals surface area (Å²) in [6, 6.07) is 0.148. The van der Waals surface area contributed by atoms with Gasteiger partial charge in [0.15, 0.2) is 5.79 Å². The summed E-state index contributed by atoms with van der Waals surface area (Å²) in [6.45, 7) is 3.70.